The number of halogens is 3. The molecule has 0 aromatic heterocycles. The second kappa shape index (κ2) is 9.08. The fourth-order valence-corrected chi connectivity index (χ4v) is 2.98. The number of benzene rings is 1. The number of rotatable bonds is 7. The zero-order valence-electron chi connectivity index (χ0n) is 14.4. The van der Waals surface area contributed by atoms with Gasteiger partial charge in [-0.05, 0) is 56.5 Å². The van der Waals surface area contributed by atoms with Gasteiger partial charge in [-0.1, -0.05) is 13.0 Å². The summed E-state index contributed by atoms with van der Waals surface area (Å²) in [6, 6.07) is 4.52. The molecule has 7 heteroatoms. The van der Waals surface area contributed by atoms with E-state index in [0.717, 1.165) is 44.1 Å². The van der Waals surface area contributed by atoms with E-state index in [1.807, 2.05) is 0 Å². The van der Waals surface area contributed by atoms with Crippen molar-refractivity contribution in [2.45, 2.75) is 32.4 Å². The minimum Gasteiger partial charge on any atom is -0.484 e. The number of carbonyl (C=O) groups is 1. The SMILES string of the molecule is C[C@@H]1CCCN(CCCNC(=O)COc2cccc(C(F)(F)F)c2)C1. The van der Waals surface area contributed by atoms with Crippen LogP contribution in [0, 0.1) is 5.92 Å². The molecule has 1 aromatic carbocycles. The Labute approximate surface area is 146 Å². The maximum atomic E-state index is 12.6. The minimum atomic E-state index is -4.42. The van der Waals surface area contributed by atoms with Crippen LogP contribution in [0.1, 0.15) is 31.7 Å². The molecule has 4 nitrogen and oxygen atoms in total. The smallest absolute Gasteiger partial charge is 0.416 e. The second-order valence-electron chi connectivity index (χ2n) is 6.57. The fraction of sp³-hybridized carbons (Fsp3) is 0.611. The molecule has 1 aliphatic rings. The van der Waals surface area contributed by atoms with Crippen molar-refractivity contribution in [3.8, 4) is 5.75 Å². The van der Waals surface area contributed by atoms with E-state index in [-0.39, 0.29) is 18.3 Å². The maximum Gasteiger partial charge on any atom is 0.416 e. The molecule has 1 saturated heterocycles. The van der Waals surface area contributed by atoms with Gasteiger partial charge in [0.05, 0.1) is 5.56 Å². The number of ether oxygens (including phenoxy) is 1. The molecular weight excluding hydrogens is 333 g/mol. The maximum absolute atomic E-state index is 12.6. The monoisotopic (exact) mass is 358 g/mol. The molecule has 1 aliphatic heterocycles. The molecule has 1 aromatic rings. The van der Waals surface area contributed by atoms with Crippen LogP contribution in [0.2, 0.25) is 0 Å². The molecule has 0 bridgehead atoms. The van der Waals surface area contributed by atoms with Gasteiger partial charge in [-0.25, -0.2) is 0 Å². The van der Waals surface area contributed by atoms with Crippen molar-refractivity contribution in [2.24, 2.45) is 5.92 Å². The van der Waals surface area contributed by atoms with Crippen LogP contribution in [0.3, 0.4) is 0 Å². The van der Waals surface area contributed by atoms with E-state index in [9.17, 15) is 18.0 Å². The molecule has 1 amide bonds. The van der Waals surface area contributed by atoms with Gasteiger partial charge in [-0.15, -0.1) is 0 Å². The number of hydrogen-bond donors (Lipinski definition) is 1. The molecule has 1 atom stereocenters. The zero-order chi connectivity index (χ0) is 18.3. The Hall–Kier alpha value is -1.76. The first-order chi connectivity index (χ1) is 11.8. The molecule has 0 spiro atoms. The Kier molecular flexibility index (Phi) is 7.11. The van der Waals surface area contributed by atoms with Gasteiger partial charge in [0.2, 0.25) is 0 Å². The topological polar surface area (TPSA) is 41.6 Å². The normalized spacial score (nSPS) is 18.8. The largest absolute Gasteiger partial charge is 0.484 e. The van der Waals surface area contributed by atoms with Crippen molar-refractivity contribution in [1.82, 2.24) is 10.2 Å². The number of nitrogens with one attached hydrogen (secondary N) is 1. The number of amides is 1. The highest BCUT2D eigenvalue weighted by atomic mass is 19.4. The Morgan fingerprint density at radius 1 is 1.40 bits per heavy atom. The third-order valence-corrected chi connectivity index (χ3v) is 4.25. The third kappa shape index (κ3) is 6.94. The summed E-state index contributed by atoms with van der Waals surface area (Å²) < 4.78 is 43.0. The predicted octanol–water partition coefficient (Wildman–Crippen LogP) is 3.32. The van der Waals surface area contributed by atoms with Crippen LogP contribution < -0.4 is 10.1 Å². The van der Waals surface area contributed by atoms with Gasteiger partial charge >= 0.3 is 6.18 Å². The summed E-state index contributed by atoms with van der Waals surface area (Å²) in [7, 11) is 0. The van der Waals surface area contributed by atoms with Crippen LogP contribution in [-0.4, -0.2) is 43.6 Å². The van der Waals surface area contributed by atoms with Gasteiger partial charge in [-0.2, -0.15) is 13.2 Å². The van der Waals surface area contributed by atoms with E-state index in [4.69, 9.17) is 4.74 Å². The first-order valence-corrected chi connectivity index (χ1v) is 8.63. The molecule has 1 heterocycles. The fourth-order valence-electron chi connectivity index (χ4n) is 2.98. The average molecular weight is 358 g/mol. The van der Waals surface area contributed by atoms with Gasteiger partial charge in [0.1, 0.15) is 5.75 Å². The highest BCUT2D eigenvalue weighted by Crippen LogP contribution is 2.31. The van der Waals surface area contributed by atoms with Crippen LogP contribution in [-0.2, 0) is 11.0 Å². The van der Waals surface area contributed by atoms with Crippen LogP contribution in [0.15, 0.2) is 24.3 Å². The number of likely N-dealkylation sites (tertiary alicyclic amines) is 1. The molecule has 2 rings (SSSR count). The van der Waals surface area contributed by atoms with Crippen molar-refractivity contribution in [3.05, 3.63) is 29.8 Å². The highest BCUT2D eigenvalue weighted by Gasteiger charge is 2.30. The number of carbonyl (C=O) groups excluding carboxylic acids is 1. The molecule has 0 unspecified atom stereocenters. The van der Waals surface area contributed by atoms with E-state index in [1.165, 1.54) is 25.0 Å². The average Bonchev–Trinajstić information content (AvgIpc) is 2.56. The summed E-state index contributed by atoms with van der Waals surface area (Å²) in [6.07, 6.45) is -1.08. The van der Waals surface area contributed by atoms with E-state index >= 15 is 0 Å². The third-order valence-electron chi connectivity index (χ3n) is 4.25. The first kappa shape index (κ1) is 19.6. The van der Waals surface area contributed by atoms with E-state index in [0.29, 0.717) is 6.54 Å². The van der Waals surface area contributed by atoms with Crippen molar-refractivity contribution >= 4 is 5.91 Å². The molecule has 140 valence electrons. The van der Waals surface area contributed by atoms with E-state index in [1.54, 1.807) is 0 Å². The number of nitrogens with zero attached hydrogens (tertiary/aromatic N) is 1. The van der Waals surface area contributed by atoms with Crippen LogP contribution >= 0.6 is 0 Å². The Bertz CT molecular complexity index is 563. The zero-order valence-corrected chi connectivity index (χ0v) is 14.4. The van der Waals surface area contributed by atoms with Crippen molar-refractivity contribution < 1.29 is 22.7 Å². The van der Waals surface area contributed by atoms with Gasteiger partial charge in [-0.3, -0.25) is 4.79 Å². The standard InChI is InChI=1S/C18H25F3N2O2/c1-14-5-3-9-23(12-14)10-4-8-22-17(24)13-25-16-7-2-6-15(11-16)18(19,20)21/h2,6-7,11,14H,3-5,8-10,12-13H2,1H3,(H,22,24)/t14-/m1/s1. The van der Waals surface area contributed by atoms with Gasteiger partial charge in [0, 0.05) is 13.1 Å². The van der Waals surface area contributed by atoms with Gasteiger partial charge in [0.15, 0.2) is 6.61 Å². The van der Waals surface area contributed by atoms with Crippen LogP contribution in [0.25, 0.3) is 0 Å². The van der Waals surface area contributed by atoms with Crippen LogP contribution in [0.4, 0.5) is 13.2 Å². The molecule has 1 N–H and O–H groups in total. The summed E-state index contributed by atoms with van der Waals surface area (Å²) >= 11 is 0. The molecule has 25 heavy (non-hydrogen) atoms. The molecular formula is C18H25F3N2O2. The summed E-state index contributed by atoms with van der Waals surface area (Å²) in [4.78, 5) is 14.1. The van der Waals surface area contributed by atoms with Crippen molar-refractivity contribution in [1.29, 1.82) is 0 Å². The molecule has 0 radical (unpaired) electrons. The lowest BCUT2D eigenvalue weighted by molar-refractivity contribution is -0.137. The number of hydrogen-bond acceptors (Lipinski definition) is 3. The Balaban J connectivity index is 1.64. The highest BCUT2D eigenvalue weighted by molar-refractivity contribution is 5.77. The Morgan fingerprint density at radius 3 is 2.92 bits per heavy atom. The van der Waals surface area contributed by atoms with Crippen molar-refractivity contribution in [2.75, 3.05) is 32.8 Å². The minimum absolute atomic E-state index is 0.0345. The Morgan fingerprint density at radius 2 is 2.20 bits per heavy atom. The van der Waals surface area contributed by atoms with E-state index in [2.05, 4.69) is 17.1 Å². The van der Waals surface area contributed by atoms with E-state index < -0.39 is 11.7 Å². The molecule has 0 aliphatic carbocycles. The predicted molar refractivity (Wildman–Crippen MR) is 89.4 cm³/mol. The van der Waals surface area contributed by atoms with Crippen LogP contribution in [0.5, 0.6) is 5.75 Å². The number of piperidine rings is 1. The molecule has 0 saturated carbocycles. The van der Waals surface area contributed by atoms with Gasteiger partial charge < -0.3 is 15.0 Å². The summed E-state index contributed by atoms with van der Waals surface area (Å²) in [5.74, 6) is 0.431. The first-order valence-electron chi connectivity index (χ1n) is 8.63. The quantitative estimate of drug-likeness (QED) is 0.761. The lowest BCUT2D eigenvalue weighted by Crippen LogP contribution is -2.37. The second-order valence-corrected chi connectivity index (χ2v) is 6.57. The summed E-state index contributed by atoms with van der Waals surface area (Å²) in [5.41, 5.74) is -0.791. The van der Waals surface area contributed by atoms with Gasteiger partial charge in [0.25, 0.3) is 5.91 Å². The lowest BCUT2D eigenvalue weighted by Gasteiger charge is -2.30. The summed E-state index contributed by atoms with van der Waals surface area (Å²) in [5, 5.41) is 2.74. The molecule has 1 fully saturated rings. The number of alkyl halides is 3. The van der Waals surface area contributed by atoms with Crippen molar-refractivity contribution in [3.63, 3.8) is 0 Å². The summed E-state index contributed by atoms with van der Waals surface area (Å²) in [6.45, 7) is 5.65. The lowest BCUT2D eigenvalue weighted by atomic mass is 10.0.